The van der Waals surface area contributed by atoms with Crippen LogP contribution in [0.1, 0.15) is 98.8 Å². The highest BCUT2D eigenvalue weighted by Gasteiger charge is 2.33. The molecule has 7 nitrogen and oxygen atoms in total. The van der Waals surface area contributed by atoms with Gasteiger partial charge < -0.3 is 25.2 Å². The summed E-state index contributed by atoms with van der Waals surface area (Å²) in [4.78, 5) is 25.1. The standard InChI is InChI=1S/C33H42N2O5/c1-22(2)31-30(33(40)34-25-16-10-5-11-17-25)29(23-12-6-3-7-13-23)32(24-14-8-4-9-15-24)35(31)19-18-26(36)20-27(37)21-28(38)39/h3,5-7,10-13,16-17,22,24,26-27,36-37H,4,8-9,14-15,18-21H2,1-2H3,(H,34,40)(H,38,39)/t26-,27-/m1/s1. The fraction of sp³-hybridized carbons (Fsp3) is 0.455. The molecule has 4 rings (SSSR count). The molecule has 0 radical (unpaired) electrons. The van der Waals surface area contributed by atoms with Crippen LogP contribution >= 0.6 is 0 Å². The molecule has 0 saturated heterocycles. The van der Waals surface area contributed by atoms with E-state index >= 15 is 0 Å². The third-order valence-electron chi connectivity index (χ3n) is 7.84. The summed E-state index contributed by atoms with van der Waals surface area (Å²) in [6.45, 7) is 4.66. The molecule has 1 aromatic heterocycles. The van der Waals surface area contributed by atoms with Gasteiger partial charge in [-0.1, -0.05) is 81.6 Å². The average molecular weight is 547 g/mol. The van der Waals surface area contributed by atoms with Crippen LogP contribution in [0.3, 0.4) is 0 Å². The molecule has 4 N–H and O–H groups in total. The van der Waals surface area contributed by atoms with Gasteiger partial charge in [-0.05, 0) is 55.2 Å². The van der Waals surface area contributed by atoms with Crippen molar-refractivity contribution in [3.05, 3.63) is 77.6 Å². The summed E-state index contributed by atoms with van der Waals surface area (Å²) >= 11 is 0. The lowest BCUT2D eigenvalue weighted by Crippen LogP contribution is -2.23. The lowest BCUT2D eigenvalue weighted by Gasteiger charge is -2.27. The lowest BCUT2D eigenvalue weighted by molar-refractivity contribution is -0.139. The number of para-hydroxylation sites is 1. The highest BCUT2D eigenvalue weighted by molar-refractivity contribution is 6.10. The normalized spacial score (nSPS) is 15.6. The van der Waals surface area contributed by atoms with Crippen molar-refractivity contribution in [1.82, 2.24) is 4.57 Å². The molecule has 3 aromatic rings. The van der Waals surface area contributed by atoms with Gasteiger partial charge in [-0.25, -0.2) is 0 Å². The van der Waals surface area contributed by atoms with Crippen LogP contribution in [0.2, 0.25) is 0 Å². The number of aliphatic hydroxyl groups excluding tert-OH is 2. The molecule has 1 saturated carbocycles. The smallest absolute Gasteiger partial charge is 0.305 e. The number of aliphatic hydroxyl groups is 2. The van der Waals surface area contributed by atoms with Crippen molar-refractivity contribution in [3.63, 3.8) is 0 Å². The summed E-state index contributed by atoms with van der Waals surface area (Å²) in [6, 6.07) is 19.6. The molecule has 2 atom stereocenters. The highest BCUT2D eigenvalue weighted by atomic mass is 16.4. The second-order valence-electron chi connectivity index (χ2n) is 11.3. The van der Waals surface area contributed by atoms with E-state index < -0.39 is 24.6 Å². The highest BCUT2D eigenvalue weighted by Crippen LogP contribution is 2.45. The van der Waals surface area contributed by atoms with Gasteiger partial charge in [0.25, 0.3) is 5.91 Å². The Balaban J connectivity index is 1.83. The van der Waals surface area contributed by atoms with Gasteiger partial charge in [0.15, 0.2) is 0 Å². The van der Waals surface area contributed by atoms with Crippen molar-refractivity contribution in [2.45, 2.75) is 95.8 Å². The quantitative estimate of drug-likeness (QED) is 0.206. The number of hydrogen-bond acceptors (Lipinski definition) is 4. The zero-order valence-electron chi connectivity index (χ0n) is 23.6. The number of benzene rings is 2. The molecule has 7 heteroatoms. The van der Waals surface area contributed by atoms with Crippen LogP contribution in [0.25, 0.3) is 11.1 Å². The van der Waals surface area contributed by atoms with Crippen LogP contribution < -0.4 is 5.32 Å². The van der Waals surface area contributed by atoms with E-state index in [1.165, 1.54) is 6.42 Å². The van der Waals surface area contributed by atoms with Crippen molar-refractivity contribution in [1.29, 1.82) is 0 Å². The van der Waals surface area contributed by atoms with E-state index in [9.17, 15) is 19.8 Å². The molecule has 1 fully saturated rings. The second kappa shape index (κ2) is 13.8. The SMILES string of the molecule is CC(C)c1c(C(=O)Nc2ccccc2)c(-c2ccccc2)c(C2CCCCC2)n1CC[C@@H](O)C[C@@H](O)CC(=O)O. The molecule has 0 unspecified atom stereocenters. The summed E-state index contributed by atoms with van der Waals surface area (Å²) in [6.07, 6.45) is 3.54. The Labute approximate surface area is 236 Å². The molecule has 1 aliphatic rings. The number of rotatable bonds is 12. The first-order chi connectivity index (χ1) is 19.3. The Morgan fingerprint density at radius 1 is 0.925 bits per heavy atom. The maximum absolute atomic E-state index is 14.1. The number of hydrogen-bond donors (Lipinski definition) is 4. The predicted molar refractivity (Wildman–Crippen MR) is 158 cm³/mol. The maximum atomic E-state index is 14.1. The fourth-order valence-electron chi connectivity index (χ4n) is 6.13. The first kappa shape index (κ1) is 29.6. The van der Waals surface area contributed by atoms with E-state index in [2.05, 4.69) is 35.9 Å². The number of carboxylic acid groups (broad SMARTS) is 1. The van der Waals surface area contributed by atoms with Crippen LogP contribution in [0.5, 0.6) is 0 Å². The predicted octanol–water partition coefficient (Wildman–Crippen LogP) is 6.56. The molecule has 2 aromatic carbocycles. The van der Waals surface area contributed by atoms with Crippen LogP contribution in [-0.4, -0.2) is 44.0 Å². The van der Waals surface area contributed by atoms with E-state index in [4.69, 9.17) is 5.11 Å². The van der Waals surface area contributed by atoms with Gasteiger partial charge in [0, 0.05) is 29.2 Å². The number of aliphatic carboxylic acids is 1. The fourth-order valence-corrected chi connectivity index (χ4v) is 6.13. The Morgan fingerprint density at radius 3 is 2.15 bits per heavy atom. The van der Waals surface area contributed by atoms with Gasteiger partial charge in [-0.15, -0.1) is 0 Å². The van der Waals surface area contributed by atoms with Gasteiger partial charge in [-0.3, -0.25) is 9.59 Å². The van der Waals surface area contributed by atoms with Crippen LogP contribution in [0, 0.1) is 0 Å². The number of carbonyl (C=O) groups excluding carboxylic acids is 1. The molecule has 0 bridgehead atoms. The van der Waals surface area contributed by atoms with Gasteiger partial charge in [-0.2, -0.15) is 0 Å². The summed E-state index contributed by atoms with van der Waals surface area (Å²) in [7, 11) is 0. The van der Waals surface area contributed by atoms with E-state index in [1.54, 1.807) is 0 Å². The number of nitrogens with one attached hydrogen (secondary N) is 1. The number of amides is 1. The molecule has 0 spiro atoms. The van der Waals surface area contributed by atoms with Crippen molar-refractivity contribution in [3.8, 4) is 11.1 Å². The van der Waals surface area contributed by atoms with Gasteiger partial charge in [0.05, 0.1) is 24.2 Å². The molecular weight excluding hydrogens is 504 g/mol. The van der Waals surface area contributed by atoms with Crippen molar-refractivity contribution < 1.29 is 24.9 Å². The summed E-state index contributed by atoms with van der Waals surface area (Å²) in [5, 5.41) is 33.0. The van der Waals surface area contributed by atoms with E-state index in [1.807, 2.05) is 48.5 Å². The Bertz CT molecular complexity index is 1260. The van der Waals surface area contributed by atoms with Crippen LogP contribution in [0.4, 0.5) is 5.69 Å². The minimum absolute atomic E-state index is 0.00373. The summed E-state index contributed by atoms with van der Waals surface area (Å²) in [5.41, 5.74) is 5.45. The minimum atomic E-state index is -1.10. The van der Waals surface area contributed by atoms with Crippen LogP contribution in [-0.2, 0) is 11.3 Å². The van der Waals surface area contributed by atoms with Gasteiger partial charge >= 0.3 is 5.97 Å². The Morgan fingerprint density at radius 2 is 1.55 bits per heavy atom. The molecular formula is C33H42N2O5. The second-order valence-corrected chi connectivity index (χ2v) is 11.3. The topological polar surface area (TPSA) is 112 Å². The number of carbonyl (C=O) groups is 2. The molecule has 0 aliphatic heterocycles. The average Bonchev–Trinajstić information content (AvgIpc) is 3.28. The maximum Gasteiger partial charge on any atom is 0.305 e. The van der Waals surface area contributed by atoms with Crippen molar-refractivity contribution in [2.75, 3.05) is 5.32 Å². The largest absolute Gasteiger partial charge is 0.481 e. The molecule has 40 heavy (non-hydrogen) atoms. The zero-order chi connectivity index (χ0) is 28.6. The number of aromatic nitrogens is 1. The number of nitrogens with zero attached hydrogens (tertiary/aromatic N) is 1. The lowest BCUT2D eigenvalue weighted by atomic mass is 9.83. The first-order valence-electron chi connectivity index (χ1n) is 14.5. The third kappa shape index (κ3) is 7.20. The third-order valence-corrected chi connectivity index (χ3v) is 7.84. The van der Waals surface area contributed by atoms with E-state index in [-0.39, 0.29) is 24.2 Å². The van der Waals surface area contributed by atoms with Crippen molar-refractivity contribution in [2.24, 2.45) is 0 Å². The molecule has 1 heterocycles. The molecule has 1 aliphatic carbocycles. The summed E-state index contributed by atoms with van der Waals surface area (Å²) < 4.78 is 2.26. The molecule has 1 amide bonds. The Kier molecular flexibility index (Phi) is 10.2. The van der Waals surface area contributed by atoms with E-state index in [0.717, 1.165) is 53.9 Å². The first-order valence-corrected chi connectivity index (χ1v) is 14.5. The Hall–Kier alpha value is -3.42. The van der Waals surface area contributed by atoms with Crippen LogP contribution in [0.15, 0.2) is 60.7 Å². The van der Waals surface area contributed by atoms with E-state index in [0.29, 0.717) is 18.5 Å². The summed E-state index contributed by atoms with van der Waals surface area (Å²) in [5.74, 6) is -0.920. The number of anilines is 1. The van der Waals surface area contributed by atoms with Gasteiger partial charge in [0.2, 0.25) is 0 Å². The minimum Gasteiger partial charge on any atom is -0.481 e. The van der Waals surface area contributed by atoms with Gasteiger partial charge in [0.1, 0.15) is 0 Å². The molecule has 214 valence electrons. The zero-order valence-corrected chi connectivity index (χ0v) is 23.6. The number of carboxylic acids is 1. The monoisotopic (exact) mass is 546 g/mol. The van der Waals surface area contributed by atoms with Crippen molar-refractivity contribution >= 4 is 17.6 Å².